The molecule has 0 aliphatic carbocycles. The van der Waals surface area contributed by atoms with Crippen LogP contribution in [-0.2, 0) is 6.54 Å². The molecule has 0 aliphatic heterocycles. The molecule has 0 amide bonds. The zero-order valence-electron chi connectivity index (χ0n) is 7.20. The summed E-state index contributed by atoms with van der Waals surface area (Å²) >= 11 is 0. The van der Waals surface area contributed by atoms with Crippen molar-refractivity contribution in [2.24, 2.45) is 5.73 Å². The van der Waals surface area contributed by atoms with Gasteiger partial charge in [-0.25, -0.2) is 4.79 Å². The van der Waals surface area contributed by atoms with Gasteiger partial charge in [-0.1, -0.05) is 0 Å². The summed E-state index contributed by atoms with van der Waals surface area (Å²) < 4.78 is 1.24. The lowest BCUT2D eigenvalue weighted by Gasteiger charge is -2.00. The molecule has 1 heterocycles. The minimum Gasteiger partial charge on any atom is -0.290 e. The largest absolute Gasteiger partial charge is 0.328 e. The van der Waals surface area contributed by atoms with Crippen molar-refractivity contribution in [2.45, 2.75) is 13.5 Å². The first-order valence-corrected chi connectivity index (χ1v) is 3.68. The summed E-state index contributed by atoms with van der Waals surface area (Å²) in [6, 6.07) is 0. The van der Waals surface area contributed by atoms with Crippen LogP contribution in [0.25, 0.3) is 0 Å². The Balaban J connectivity index is 3.24. The van der Waals surface area contributed by atoms with Crippen LogP contribution < -0.4 is 22.4 Å². The highest BCUT2D eigenvalue weighted by molar-refractivity contribution is 5.73. The van der Waals surface area contributed by atoms with E-state index in [1.165, 1.54) is 10.8 Å². The van der Waals surface area contributed by atoms with Crippen LogP contribution in [0.15, 0.2) is 15.8 Å². The number of H-pyrrole nitrogens is 1. The van der Waals surface area contributed by atoms with Crippen LogP contribution in [0, 0.1) is 6.92 Å². The zero-order valence-corrected chi connectivity index (χ0v) is 7.20. The maximum atomic E-state index is 11.1. The molecule has 6 nitrogen and oxygen atoms in total. The van der Waals surface area contributed by atoms with Crippen LogP contribution in [0.3, 0.4) is 0 Å². The standard InChI is InChI=1S/C7H10N4O2/c1-4-2-11(3-5(8)9)7(13)10-6(4)12/h2H,3H2,1H3,(H3,8,9)(H,10,12,13)/p+1. The molecular weight excluding hydrogens is 172 g/mol. The lowest BCUT2D eigenvalue weighted by molar-refractivity contribution is -0.118. The van der Waals surface area contributed by atoms with E-state index < -0.39 is 11.2 Å². The Morgan fingerprint density at radius 3 is 2.85 bits per heavy atom. The Kier molecular flexibility index (Phi) is 2.32. The highest BCUT2D eigenvalue weighted by atomic mass is 16.2. The third-order valence-electron chi connectivity index (χ3n) is 1.54. The lowest BCUT2D eigenvalue weighted by Crippen LogP contribution is -2.49. The molecule has 0 unspecified atom stereocenters. The van der Waals surface area contributed by atoms with Gasteiger partial charge in [0.2, 0.25) is 0 Å². The summed E-state index contributed by atoms with van der Waals surface area (Å²) in [4.78, 5) is 24.2. The Hall–Kier alpha value is -1.85. The van der Waals surface area contributed by atoms with Crippen molar-refractivity contribution in [1.82, 2.24) is 9.55 Å². The number of hydrogen-bond acceptors (Lipinski definition) is 2. The topological polar surface area (TPSA) is 106 Å². The number of nitrogens with two attached hydrogens (primary N) is 2. The summed E-state index contributed by atoms with van der Waals surface area (Å²) in [6.45, 7) is 1.71. The third-order valence-corrected chi connectivity index (χ3v) is 1.54. The van der Waals surface area contributed by atoms with E-state index in [0.717, 1.165) is 0 Å². The number of amidine groups is 1. The Morgan fingerprint density at radius 1 is 1.69 bits per heavy atom. The molecule has 0 radical (unpaired) electrons. The fourth-order valence-electron chi connectivity index (χ4n) is 0.933. The first-order chi connectivity index (χ1) is 6.00. The molecule has 0 fully saturated rings. The average Bonchev–Trinajstić information content (AvgIpc) is 1.99. The summed E-state index contributed by atoms with van der Waals surface area (Å²) in [5.41, 5.74) is 4.77. The molecule has 0 aliphatic rings. The van der Waals surface area contributed by atoms with Gasteiger partial charge in [0.1, 0.15) is 6.54 Å². The van der Waals surface area contributed by atoms with Crippen LogP contribution in [0.2, 0.25) is 0 Å². The number of aromatic nitrogens is 2. The first-order valence-electron chi connectivity index (χ1n) is 3.68. The predicted molar refractivity (Wildman–Crippen MR) is 47.2 cm³/mol. The van der Waals surface area contributed by atoms with Gasteiger partial charge in [-0.2, -0.15) is 0 Å². The zero-order chi connectivity index (χ0) is 10.0. The summed E-state index contributed by atoms with van der Waals surface area (Å²) in [7, 11) is 0. The molecule has 1 aromatic rings. The molecule has 70 valence electrons. The van der Waals surface area contributed by atoms with E-state index >= 15 is 0 Å². The van der Waals surface area contributed by atoms with Crippen LogP contribution in [0.1, 0.15) is 5.56 Å². The molecule has 1 rings (SSSR count). The Labute approximate surface area is 73.5 Å². The van der Waals surface area contributed by atoms with Crippen LogP contribution in [0.4, 0.5) is 0 Å². The van der Waals surface area contributed by atoms with E-state index in [2.05, 4.69) is 4.98 Å². The molecule has 1 aromatic heterocycles. The van der Waals surface area contributed by atoms with Crippen LogP contribution >= 0.6 is 0 Å². The van der Waals surface area contributed by atoms with Crippen LogP contribution in [0.5, 0.6) is 0 Å². The molecule has 0 spiro atoms. The number of aromatic amines is 1. The van der Waals surface area contributed by atoms with E-state index in [-0.39, 0.29) is 12.4 Å². The normalized spacial score (nSPS) is 9.92. The minimum absolute atomic E-state index is 0.108. The maximum absolute atomic E-state index is 11.1. The smallest absolute Gasteiger partial charge is 0.290 e. The molecule has 5 N–H and O–H groups in total. The second kappa shape index (κ2) is 3.26. The molecule has 0 saturated carbocycles. The Morgan fingerprint density at radius 2 is 2.31 bits per heavy atom. The highest BCUT2D eigenvalue weighted by Crippen LogP contribution is 1.82. The van der Waals surface area contributed by atoms with Crippen LogP contribution in [-0.4, -0.2) is 15.4 Å². The molecule has 6 heteroatoms. The number of nitrogens with zero attached hydrogens (tertiary/aromatic N) is 1. The van der Waals surface area contributed by atoms with Gasteiger partial charge >= 0.3 is 5.69 Å². The minimum atomic E-state index is -0.510. The van der Waals surface area contributed by atoms with E-state index in [9.17, 15) is 9.59 Å². The van der Waals surface area contributed by atoms with E-state index in [0.29, 0.717) is 5.56 Å². The van der Waals surface area contributed by atoms with Gasteiger partial charge in [0.05, 0.1) is 0 Å². The number of aryl methyl sites for hydroxylation is 1. The Bertz CT molecular complexity index is 443. The number of rotatable bonds is 2. The monoisotopic (exact) mass is 183 g/mol. The lowest BCUT2D eigenvalue weighted by atomic mass is 10.4. The highest BCUT2D eigenvalue weighted by Gasteiger charge is 2.03. The summed E-state index contributed by atoms with van der Waals surface area (Å²) in [6.07, 6.45) is 1.42. The number of nitrogens with one attached hydrogen (secondary N) is 1. The second-order valence-corrected chi connectivity index (χ2v) is 2.77. The average molecular weight is 183 g/mol. The fourth-order valence-corrected chi connectivity index (χ4v) is 0.933. The fraction of sp³-hybridized carbons (Fsp3) is 0.286. The van der Waals surface area contributed by atoms with Crippen molar-refractivity contribution < 1.29 is 5.41 Å². The van der Waals surface area contributed by atoms with Gasteiger partial charge in [-0.15, -0.1) is 0 Å². The van der Waals surface area contributed by atoms with Crippen molar-refractivity contribution in [3.05, 3.63) is 32.6 Å². The quantitative estimate of drug-likeness (QED) is 0.335. The van der Waals surface area contributed by atoms with Crippen molar-refractivity contribution >= 4 is 5.84 Å². The molecule has 0 atom stereocenters. The van der Waals surface area contributed by atoms with Gasteiger partial charge in [-0.05, 0) is 6.92 Å². The van der Waals surface area contributed by atoms with Gasteiger partial charge in [0.25, 0.3) is 11.4 Å². The van der Waals surface area contributed by atoms with E-state index in [4.69, 9.17) is 11.1 Å². The number of hydrogen-bond donors (Lipinski definition) is 3. The molecule has 0 bridgehead atoms. The van der Waals surface area contributed by atoms with Gasteiger partial charge in [0.15, 0.2) is 0 Å². The van der Waals surface area contributed by atoms with E-state index in [1.54, 1.807) is 6.92 Å². The molecule has 0 aromatic carbocycles. The van der Waals surface area contributed by atoms with Gasteiger partial charge in [0, 0.05) is 11.8 Å². The molecule has 13 heavy (non-hydrogen) atoms. The SMILES string of the molecule is Cc1cn(CC(N)=[NH2+])c(=O)[nH]c1=O. The van der Waals surface area contributed by atoms with Gasteiger partial charge < -0.3 is 0 Å². The second-order valence-electron chi connectivity index (χ2n) is 2.77. The maximum Gasteiger partial charge on any atom is 0.328 e. The van der Waals surface area contributed by atoms with Crippen molar-refractivity contribution in [3.63, 3.8) is 0 Å². The summed E-state index contributed by atoms with van der Waals surface area (Å²) in [5.74, 6) is 0.119. The summed E-state index contributed by atoms with van der Waals surface area (Å²) in [5, 5.41) is 5.22. The van der Waals surface area contributed by atoms with Crippen molar-refractivity contribution in [3.8, 4) is 0 Å². The molecule has 0 saturated heterocycles. The van der Waals surface area contributed by atoms with Gasteiger partial charge in [-0.3, -0.25) is 25.5 Å². The van der Waals surface area contributed by atoms with E-state index in [1.807, 2.05) is 0 Å². The van der Waals surface area contributed by atoms with Crippen molar-refractivity contribution in [2.75, 3.05) is 0 Å². The third kappa shape index (κ3) is 2.05. The predicted octanol–water partition coefficient (Wildman–Crippen LogP) is -3.04. The molecular formula is C7H11N4O2+. The first kappa shape index (κ1) is 9.24. The van der Waals surface area contributed by atoms with Crippen molar-refractivity contribution in [1.29, 1.82) is 0 Å².